The quantitative estimate of drug-likeness (QED) is 0.666. The number of esters is 1. The highest BCUT2D eigenvalue weighted by atomic mass is 16.5. The Hall–Kier alpha value is -1.84. The minimum absolute atomic E-state index is 0.0466. The standard InChI is InChI=1S/C17H25NO3/c1-13(19)21-12-17(5,11-16(2,3)4)18-10-14-8-6-7-9-15(14)20/h6-10,20H,11-12H2,1-5H3/b18-10+. The van der Waals surface area contributed by atoms with Crippen molar-refractivity contribution in [3.8, 4) is 5.75 Å². The van der Waals surface area contributed by atoms with Gasteiger partial charge in [0.05, 0.1) is 5.54 Å². The predicted octanol–water partition coefficient (Wildman–Crippen LogP) is 3.57. The number of hydrogen-bond donors (Lipinski definition) is 1. The van der Waals surface area contributed by atoms with Gasteiger partial charge in [0.25, 0.3) is 0 Å². The first kappa shape index (κ1) is 17.2. The molecule has 0 radical (unpaired) electrons. The lowest BCUT2D eigenvalue weighted by atomic mass is 9.81. The molecule has 0 amide bonds. The molecule has 116 valence electrons. The molecule has 0 saturated heterocycles. The molecule has 0 bridgehead atoms. The number of carbonyl (C=O) groups is 1. The van der Waals surface area contributed by atoms with Gasteiger partial charge in [-0.1, -0.05) is 32.9 Å². The van der Waals surface area contributed by atoms with Gasteiger partial charge in [0.15, 0.2) is 0 Å². The van der Waals surface area contributed by atoms with Crippen molar-refractivity contribution in [2.75, 3.05) is 6.61 Å². The Labute approximate surface area is 126 Å². The number of ether oxygens (including phenoxy) is 1. The lowest BCUT2D eigenvalue weighted by Gasteiger charge is -2.31. The Morgan fingerprint density at radius 3 is 2.43 bits per heavy atom. The third kappa shape index (κ3) is 6.43. The van der Waals surface area contributed by atoms with Crippen LogP contribution in [0, 0.1) is 5.41 Å². The minimum Gasteiger partial charge on any atom is -0.507 e. The summed E-state index contributed by atoms with van der Waals surface area (Å²) in [5.74, 6) is -0.125. The SMILES string of the molecule is CC(=O)OCC(C)(CC(C)(C)C)/N=C/c1ccccc1O. The summed E-state index contributed by atoms with van der Waals surface area (Å²) in [6.07, 6.45) is 2.40. The number of phenolic OH excluding ortho intramolecular Hbond substituents is 1. The molecule has 0 aliphatic carbocycles. The minimum atomic E-state index is -0.522. The fraction of sp³-hybridized carbons (Fsp3) is 0.529. The van der Waals surface area contributed by atoms with Crippen LogP contribution in [0.3, 0.4) is 0 Å². The van der Waals surface area contributed by atoms with Crippen LogP contribution in [0.1, 0.15) is 46.6 Å². The molecule has 1 aromatic carbocycles. The Morgan fingerprint density at radius 1 is 1.29 bits per heavy atom. The van der Waals surface area contributed by atoms with E-state index in [0.717, 1.165) is 6.42 Å². The molecule has 4 nitrogen and oxygen atoms in total. The van der Waals surface area contributed by atoms with Crippen molar-refractivity contribution in [2.24, 2.45) is 10.4 Å². The molecular weight excluding hydrogens is 266 g/mol. The number of hydrogen-bond acceptors (Lipinski definition) is 4. The number of phenols is 1. The molecule has 0 aliphatic heterocycles. The highest BCUT2D eigenvalue weighted by Crippen LogP contribution is 2.30. The maximum absolute atomic E-state index is 11.1. The summed E-state index contributed by atoms with van der Waals surface area (Å²) in [6.45, 7) is 9.93. The van der Waals surface area contributed by atoms with E-state index >= 15 is 0 Å². The maximum Gasteiger partial charge on any atom is 0.302 e. The van der Waals surface area contributed by atoms with Gasteiger partial charge >= 0.3 is 5.97 Å². The maximum atomic E-state index is 11.1. The van der Waals surface area contributed by atoms with Gasteiger partial charge in [-0.3, -0.25) is 9.79 Å². The van der Waals surface area contributed by atoms with Crippen LogP contribution < -0.4 is 0 Å². The van der Waals surface area contributed by atoms with Gasteiger partial charge in [0, 0.05) is 18.7 Å². The molecule has 21 heavy (non-hydrogen) atoms. The fourth-order valence-electron chi connectivity index (χ4n) is 2.36. The monoisotopic (exact) mass is 291 g/mol. The Balaban J connectivity index is 2.96. The summed E-state index contributed by atoms with van der Waals surface area (Å²) in [4.78, 5) is 15.7. The van der Waals surface area contributed by atoms with Crippen LogP contribution in [0.25, 0.3) is 0 Å². The molecule has 1 aromatic rings. The van der Waals surface area contributed by atoms with Crippen LogP contribution in [0.15, 0.2) is 29.3 Å². The van der Waals surface area contributed by atoms with Crippen LogP contribution in [0.5, 0.6) is 5.75 Å². The average Bonchev–Trinajstić information content (AvgIpc) is 2.34. The number of aliphatic imine (C=N–C) groups is 1. The van der Waals surface area contributed by atoms with Gasteiger partial charge in [0.2, 0.25) is 0 Å². The molecule has 4 heteroatoms. The van der Waals surface area contributed by atoms with Crippen LogP contribution in [-0.4, -0.2) is 29.4 Å². The number of carbonyl (C=O) groups excluding carboxylic acids is 1. The summed E-state index contributed by atoms with van der Waals surface area (Å²) in [5.41, 5.74) is 0.178. The van der Waals surface area contributed by atoms with Crippen molar-refractivity contribution < 1.29 is 14.6 Å². The zero-order valence-corrected chi connectivity index (χ0v) is 13.5. The average molecular weight is 291 g/mol. The lowest BCUT2D eigenvalue weighted by molar-refractivity contribution is -0.142. The van der Waals surface area contributed by atoms with Crippen molar-refractivity contribution in [1.82, 2.24) is 0 Å². The number of benzene rings is 1. The second-order valence-electron chi connectivity index (χ2n) is 6.83. The van der Waals surface area contributed by atoms with Crippen molar-refractivity contribution >= 4 is 12.2 Å². The van der Waals surface area contributed by atoms with E-state index < -0.39 is 5.54 Å². The van der Waals surface area contributed by atoms with Crippen LogP contribution in [0.4, 0.5) is 0 Å². The molecule has 0 heterocycles. The third-order valence-electron chi connectivity index (χ3n) is 2.95. The van der Waals surface area contributed by atoms with Crippen molar-refractivity contribution in [2.45, 2.75) is 46.6 Å². The summed E-state index contributed by atoms with van der Waals surface area (Å²) in [5, 5.41) is 9.78. The number of aromatic hydroxyl groups is 1. The third-order valence-corrected chi connectivity index (χ3v) is 2.95. The fourth-order valence-corrected chi connectivity index (χ4v) is 2.36. The molecule has 0 spiro atoms. The van der Waals surface area contributed by atoms with E-state index in [4.69, 9.17) is 4.74 Å². The molecule has 1 N–H and O–H groups in total. The number of rotatable bonds is 5. The van der Waals surface area contributed by atoms with Gasteiger partial charge in [0.1, 0.15) is 12.4 Å². The summed E-state index contributed by atoms with van der Waals surface area (Å²) >= 11 is 0. The highest BCUT2D eigenvalue weighted by Gasteiger charge is 2.30. The van der Waals surface area contributed by atoms with Crippen LogP contribution in [-0.2, 0) is 9.53 Å². The first-order valence-electron chi connectivity index (χ1n) is 7.08. The van der Waals surface area contributed by atoms with E-state index in [1.165, 1.54) is 6.92 Å². The molecule has 0 saturated carbocycles. The summed E-state index contributed by atoms with van der Waals surface area (Å²) < 4.78 is 5.16. The first-order chi connectivity index (χ1) is 9.61. The van der Waals surface area contributed by atoms with Crippen LogP contribution in [0.2, 0.25) is 0 Å². The van der Waals surface area contributed by atoms with E-state index in [-0.39, 0.29) is 23.7 Å². The van der Waals surface area contributed by atoms with E-state index in [0.29, 0.717) is 5.56 Å². The zero-order valence-electron chi connectivity index (χ0n) is 13.5. The summed E-state index contributed by atoms with van der Waals surface area (Å²) in [7, 11) is 0. The largest absolute Gasteiger partial charge is 0.507 e. The highest BCUT2D eigenvalue weighted by molar-refractivity contribution is 5.83. The zero-order chi connectivity index (χ0) is 16.1. The molecule has 1 unspecified atom stereocenters. The van der Waals surface area contributed by atoms with Gasteiger partial charge in [-0.05, 0) is 30.9 Å². The Morgan fingerprint density at radius 2 is 1.90 bits per heavy atom. The second-order valence-corrected chi connectivity index (χ2v) is 6.83. The van der Waals surface area contributed by atoms with Crippen molar-refractivity contribution in [1.29, 1.82) is 0 Å². The molecule has 0 fully saturated rings. The van der Waals surface area contributed by atoms with Gasteiger partial charge < -0.3 is 9.84 Å². The van der Waals surface area contributed by atoms with Crippen LogP contribution >= 0.6 is 0 Å². The molecular formula is C17H25NO3. The van der Waals surface area contributed by atoms with E-state index in [2.05, 4.69) is 25.8 Å². The molecule has 0 aliphatic rings. The van der Waals surface area contributed by atoms with Gasteiger partial charge in [-0.15, -0.1) is 0 Å². The van der Waals surface area contributed by atoms with Crippen molar-refractivity contribution in [3.63, 3.8) is 0 Å². The first-order valence-corrected chi connectivity index (χ1v) is 7.08. The number of nitrogens with zero attached hydrogens (tertiary/aromatic N) is 1. The smallest absolute Gasteiger partial charge is 0.302 e. The Kier molecular flexibility index (Phi) is 5.53. The molecule has 1 rings (SSSR count). The van der Waals surface area contributed by atoms with Gasteiger partial charge in [-0.25, -0.2) is 0 Å². The normalized spacial score (nSPS) is 14.9. The Bertz CT molecular complexity index is 517. The second kappa shape index (κ2) is 6.74. The number of para-hydroxylation sites is 1. The molecule has 0 aromatic heterocycles. The molecule has 1 atom stereocenters. The van der Waals surface area contributed by atoms with E-state index in [9.17, 15) is 9.90 Å². The van der Waals surface area contributed by atoms with E-state index in [1.807, 2.05) is 13.0 Å². The summed E-state index contributed by atoms with van der Waals surface area (Å²) in [6, 6.07) is 7.02. The topological polar surface area (TPSA) is 58.9 Å². The van der Waals surface area contributed by atoms with E-state index in [1.54, 1.807) is 24.4 Å². The van der Waals surface area contributed by atoms with Gasteiger partial charge in [-0.2, -0.15) is 0 Å². The van der Waals surface area contributed by atoms with Crippen molar-refractivity contribution in [3.05, 3.63) is 29.8 Å². The lowest BCUT2D eigenvalue weighted by Crippen LogP contribution is -2.34. The predicted molar refractivity (Wildman–Crippen MR) is 84.8 cm³/mol.